The molecule has 1 amide bonds. The van der Waals surface area contributed by atoms with Crippen LogP contribution in [-0.2, 0) is 24.3 Å². The number of carbonyl (C=O) groups is 2. The predicted octanol–water partition coefficient (Wildman–Crippen LogP) is 3.23. The number of thiophene rings is 1. The number of esters is 1. The first-order valence-corrected chi connectivity index (χ1v) is 12.5. The number of rotatable bonds is 7. The maximum atomic E-state index is 12.7. The summed E-state index contributed by atoms with van der Waals surface area (Å²) in [6.07, 6.45) is 0. The van der Waals surface area contributed by atoms with Gasteiger partial charge in [-0.3, -0.25) is 4.79 Å². The average Bonchev–Trinajstić information content (AvgIpc) is 3.34. The quantitative estimate of drug-likeness (QED) is 0.515. The minimum atomic E-state index is -3.61. The molecule has 0 unspecified atom stereocenters. The van der Waals surface area contributed by atoms with E-state index < -0.39 is 28.5 Å². The number of anilines is 1. The number of hydrogen-bond acceptors (Lipinski definition) is 7. The zero-order valence-corrected chi connectivity index (χ0v) is 19.2. The largest absolute Gasteiger partial charge is 0.451 e. The monoisotopic (exact) mass is 486 g/mol. The molecule has 2 aromatic carbocycles. The van der Waals surface area contributed by atoms with Gasteiger partial charge in [0.05, 0.1) is 18.1 Å². The molecule has 2 heterocycles. The summed E-state index contributed by atoms with van der Waals surface area (Å²) in [4.78, 5) is 25.3. The molecule has 10 heteroatoms. The fraction of sp³-hybridized carbons (Fsp3) is 0.217. The first kappa shape index (κ1) is 23.1. The molecule has 1 saturated heterocycles. The molecule has 1 fully saturated rings. The second-order valence-corrected chi connectivity index (χ2v) is 10.0. The van der Waals surface area contributed by atoms with Gasteiger partial charge in [0, 0.05) is 24.3 Å². The second-order valence-electron chi connectivity index (χ2n) is 7.19. The first-order valence-electron chi connectivity index (χ1n) is 10.2. The summed E-state index contributed by atoms with van der Waals surface area (Å²) < 4.78 is 37.1. The minimum absolute atomic E-state index is 0.139. The summed E-state index contributed by atoms with van der Waals surface area (Å²) in [7, 11) is -3.61. The molecule has 8 nitrogen and oxygen atoms in total. The lowest BCUT2D eigenvalue weighted by Gasteiger charge is -2.26. The molecule has 0 aliphatic carbocycles. The molecular formula is C23H22N2O6S2. The topological polar surface area (TPSA) is 102 Å². The van der Waals surface area contributed by atoms with Crippen LogP contribution in [0.25, 0.3) is 11.1 Å². The van der Waals surface area contributed by atoms with E-state index in [-0.39, 0.29) is 4.90 Å². The standard InChI is InChI=1S/C23H22N2O6S2/c26-21(16-31-23(27)22-20(10-15-32-22)17-4-2-1-3-5-17)24-18-6-8-19(9-7-18)33(28,29)25-11-13-30-14-12-25/h1-10,15H,11-14,16H2,(H,24,26). The van der Waals surface area contributed by atoms with Crippen molar-refractivity contribution >= 4 is 38.9 Å². The van der Waals surface area contributed by atoms with Crippen LogP contribution < -0.4 is 5.32 Å². The van der Waals surface area contributed by atoms with Crippen molar-refractivity contribution in [2.24, 2.45) is 0 Å². The molecule has 0 saturated carbocycles. The molecule has 0 spiro atoms. The SMILES string of the molecule is O=C(COC(=O)c1sccc1-c1ccccc1)Nc1ccc(S(=O)(=O)N2CCOCC2)cc1. The highest BCUT2D eigenvalue weighted by molar-refractivity contribution is 7.89. The smallest absolute Gasteiger partial charge is 0.349 e. The summed E-state index contributed by atoms with van der Waals surface area (Å²) in [5, 5.41) is 4.40. The van der Waals surface area contributed by atoms with Gasteiger partial charge in [0.25, 0.3) is 5.91 Å². The van der Waals surface area contributed by atoms with E-state index in [0.29, 0.717) is 36.9 Å². The summed E-state index contributed by atoms with van der Waals surface area (Å²) in [5.41, 5.74) is 2.04. The fourth-order valence-corrected chi connectivity index (χ4v) is 5.57. The zero-order chi connectivity index (χ0) is 23.3. The van der Waals surface area contributed by atoms with Crippen LogP contribution in [0.15, 0.2) is 70.9 Å². The van der Waals surface area contributed by atoms with E-state index in [0.717, 1.165) is 11.1 Å². The summed E-state index contributed by atoms with van der Waals surface area (Å²) in [5.74, 6) is -1.10. The van der Waals surface area contributed by atoms with Crippen LogP contribution in [-0.4, -0.2) is 57.5 Å². The Hall–Kier alpha value is -3.05. The Balaban J connectivity index is 1.33. The highest BCUT2D eigenvalue weighted by Crippen LogP contribution is 2.28. The Labute approximate surface area is 195 Å². The molecule has 1 N–H and O–H groups in total. The number of sulfonamides is 1. The number of benzene rings is 2. The molecule has 4 rings (SSSR count). The molecular weight excluding hydrogens is 464 g/mol. The third-order valence-electron chi connectivity index (χ3n) is 5.02. The van der Waals surface area contributed by atoms with Gasteiger partial charge < -0.3 is 14.8 Å². The van der Waals surface area contributed by atoms with Gasteiger partial charge in [-0.15, -0.1) is 11.3 Å². The third-order valence-corrected chi connectivity index (χ3v) is 7.82. The number of hydrogen-bond donors (Lipinski definition) is 1. The van der Waals surface area contributed by atoms with Gasteiger partial charge in [-0.2, -0.15) is 4.31 Å². The van der Waals surface area contributed by atoms with Crippen molar-refractivity contribution in [3.8, 4) is 11.1 Å². The van der Waals surface area contributed by atoms with E-state index in [1.807, 2.05) is 36.4 Å². The van der Waals surface area contributed by atoms with Crippen LogP contribution in [0.4, 0.5) is 5.69 Å². The van der Waals surface area contributed by atoms with Gasteiger partial charge in [-0.1, -0.05) is 30.3 Å². The van der Waals surface area contributed by atoms with E-state index in [1.165, 1.54) is 39.9 Å². The Bertz CT molecular complexity index is 1220. The molecule has 172 valence electrons. The number of carbonyl (C=O) groups excluding carboxylic acids is 2. The van der Waals surface area contributed by atoms with Crippen LogP contribution in [0.3, 0.4) is 0 Å². The molecule has 1 aromatic heterocycles. The summed E-state index contributed by atoms with van der Waals surface area (Å²) in [6, 6.07) is 17.2. The van der Waals surface area contributed by atoms with Crippen molar-refractivity contribution in [1.29, 1.82) is 0 Å². The lowest BCUT2D eigenvalue weighted by atomic mass is 10.1. The Kier molecular flexibility index (Phi) is 7.19. The molecule has 1 aliphatic heterocycles. The van der Waals surface area contributed by atoms with Gasteiger partial charge in [0.1, 0.15) is 4.88 Å². The Morgan fingerprint density at radius 3 is 2.39 bits per heavy atom. The van der Waals surface area contributed by atoms with Crippen molar-refractivity contribution in [2.45, 2.75) is 4.90 Å². The highest BCUT2D eigenvalue weighted by Gasteiger charge is 2.26. The van der Waals surface area contributed by atoms with Gasteiger partial charge in [-0.25, -0.2) is 13.2 Å². The molecule has 0 radical (unpaired) electrons. The third kappa shape index (κ3) is 5.48. The van der Waals surface area contributed by atoms with Crippen molar-refractivity contribution in [1.82, 2.24) is 4.31 Å². The maximum absolute atomic E-state index is 12.7. The number of amides is 1. The van der Waals surface area contributed by atoms with Crippen molar-refractivity contribution in [2.75, 3.05) is 38.2 Å². The highest BCUT2D eigenvalue weighted by atomic mass is 32.2. The number of nitrogens with zero attached hydrogens (tertiary/aromatic N) is 1. The van der Waals surface area contributed by atoms with Crippen LogP contribution in [0.5, 0.6) is 0 Å². The van der Waals surface area contributed by atoms with E-state index in [2.05, 4.69) is 5.32 Å². The second kappa shape index (κ2) is 10.3. The van der Waals surface area contributed by atoms with E-state index in [1.54, 1.807) is 5.38 Å². The normalized spacial score (nSPS) is 14.5. The Morgan fingerprint density at radius 1 is 1.00 bits per heavy atom. The fourth-order valence-electron chi connectivity index (χ4n) is 3.35. The first-order chi connectivity index (χ1) is 15.9. The number of morpholine rings is 1. The van der Waals surface area contributed by atoms with Crippen molar-refractivity contribution < 1.29 is 27.5 Å². The van der Waals surface area contributed by atoms with Crippen LogP contribution in [0.2, 0.25) is 0 Å². The summed E-state index contributed by atoms with van der Waals surface area (Å²) >= 11 is 1.25. The maximum Gasteiger partial charge on any atom is 0.349 e. The van der Waals surface area contributed by atoms with Gasteiger partial charge >= 0.3 is 5.97 Å². The lowest BCUT2D eigenvalue weighted by Crippen LogP contribution is -2.40. The van der Waals surface area contributed by atoms with Gasteiger partial charge in [0.15, 0.2) is 6.61 Å². The molecule has 33 heavy (non-hydrogen) atoms. The van der Waals surface area contributed by atoms with E-state index >= 15 is 0 Å². The van der Waals surface area contributed by atoms with E-state index in [4.69, 9.17) is 9.47 Å². The van der Waals surface area contributed by atoms with E-state index in [9.17, 15) is 18.0 Å². The van der Waals surface area contributed by atoms with Crippen LogP contribution in [0.1, 0.15) is 9.67 Å². The van der Waals surface area contributed by atoms with Crippen LogP contribution >= 0.6 is 11.3 Å². The molecule has 3 aromatic rings. The molecule has 0 atom stereocenters. The summed E-state index contributed by atoms with van der Waals surface area (Å²) in [6.45, 7) is 0.887. The van der Waals surface area contributed by atoms with Gasteiger partial charge in [0.2, 0.25) is 10.0 Å². The number of nitrogens with one attached hydrogen (secondary N) is 1. The molecule has 0 bridgehead atoms. The minimum Gasteiger partial charge on any atom is -0.451 e. The predicted molar refractivity (Wildman–Crippen MR) is 125 cm³/mol. The van der Waals surface area contributed by atoms with Crippen molar-refractivity contribution in [3.05, 3.63) is 70.9 Å². The Morgan fingerprint density at radius 2 is 1.70 bits per heavy atom. The lowest BCUT2D eigenvalue weighted by molar-refractivity contribution is -0.119. The van der Waals surface area contributed by atoms with Gasteiger partial charge in [-0.05, 0) is 41.3 Å². The van der Waals surface area contributed by atoms with Crippen molar-refractivity contribution in [3.63, 3.8) is 0 Å². The average molecular weight is 487 g/mol. The van der Waals surface area contributed by atoms with Crippen LogP contribution in [0, 0.1) is 0 Å². The zero-order valence-electron chi connectivity index (χ0n) is 17.6. The number of ether oxygens (including phenoxy) is 2. The molecule has 1 aliphatic rings.